The maximum Gasteiger partial charge on any atom is 0.331 e. The van der Waals surface area contributed by atoms with Crippen LogP contribution in [0.2, 0.25) is 0 Å². The lowest BCUT2D eigenvalue weighted by atomic mass is 10.2. The van der Waals surface area contributed by atoms with Gasteiger partial charge in [-0.2, -0.15) is 0 Å². The van der Waals surface area contributed by atoms with E-state index in [0.717, 1.165) is 10.2 Å². The average molecular weight is 380 g/mol. The van der Waals surface area contributed by atoms with Crippen LogP contribution in [0.15, 0.2) is 30.3 Å². The first-order valence-corrected chi connectivity index (χ1v) is 10.3. The van der Waals surface area contributed by atoms with E-state index in [2.05, 4.69) is 10.3 Å². The number of esters is 1. The molecule has 1 atom stereocenters. The summed E-state index contributed by atoms with van der Waals surface area (Å²) in [5, 5.41) is 3.22. The number of para-hydroxylation sites is 1. The Morgan fingerprint density at radius 1 is 1.36 bits per heavy atom. The second-order valence-electron chi connectivity index (χ2n) is 5.63. The second kappa shape index (κ2) is 7.32. The molecule has 1 aliphatic rings. The molecule has 1 fully saturated rings. The van der Waals surface area contributed by atoms with Crippen molar-refractivity contribution in [1.29, 1.82) is 0 Å². The van der Waals surface area contributed by atoms with Gasteiger partial charge in [0.1, 0.15) is 5.01 Å². The van der Waals surface area contributed by atoms with E-state index in [1.165, 1.54) is 23.5 Å². The molecule has 1 N–H and O–H groups in total. The van der Waals surface area contributed by atoms with Gasteiger partial charge in [-0.25, -0.2) is 18.2 Å². The third-order valence-electron chi connectivity index (χ3n) is 3.62. The molecule has 9 heteroatoms. The predicted octanol–water partition coefficient (Wildman–Crippen LogP) is 1.16. The van der Waals surface area contributed by atoms with Crippen LogP contribution < -0.4 is 5.32 Å². The first kappa shape index (κ1) is 17.6. The van der Waals surface area contributed by atoms with Crippen LogP contribution in [0.5, 0.6) is 0 Å². The molecular formula is C16H16N2O5S2. The maximum absolute atomic E-state index is 11.7. The molecule has 1 aromatic heterocycles. The molecule has 132 valence electrons. The van der Waals surface area contributed by atoms with E-state index < -0.39 is 34.4 Å². The highest BCUT2D eigenvalue weighted by molar-refractivity contribution is 7.91. The lowest BCUT2D eigenvalue weighted by molar-refractivity contribution is -0.143. The van der Waals surface area contributed by atoms with E-state index in [9.17, 15) is 18.0 Å². The lowest BCUT2D eigenvalue weighted by Gasteiger charge is -2.10. The number of carbonyl (C=O) groups excluding carboxylic acids is 2. The van der Waals surface area contributed by atoms with Crippen LogP contribution in [-0.4, -0.2) is 49.4 Å². The van der Waals surface area contributed by atoms with Crippen LogP contribution in [0.3, 0.4) is 0 Å². The van der Waals surface area contributed by atoms with Crippen LogP contribution in [0.4, 0.5) is 0 Å². The van der Waals surface area contributed by atoms with Crippen LogP contribution in [-0.2, 0) is 24.2 Å². The van der Waals surface area contributed by atoms with Gasteiger partial charge in [-0.05, 0) is 24.6 Å². The smallest absolute Gasteiger partial charge is 0.331 e. The zero-order valence-electron chi connectivity index (χ0n) is 13.2. The Balaban J connectivity index is 1.46. The quantitative estimate of drug-likeness (QED) is 0.617. The first-order valence-electron chi connectivity index (χ1n) is 7.61. The number of amides is 1. The maximum atomic E-state index is 11.7. The molecule has 0 radical (unpaired) electrons. The lowest BCUT2D eigenvalue weighted by Crippen LogP contribution is -2.38. The third kappa shape index (κ3) is 4.86. The summed E-state index contributed by atoms with van der Waals surface area (Å²) >= 11 is 1.44. The zero-order valence-corrected chi connectivity index (χ0v) is 14.8. The Hall–Kier alpha value is -2.26. The van der Waals surface area contributed by atoms with Crippen molar-refractivity contribution in [2.75, 3.05) is 18.1 Å². The summed E-state index contributed by atoms with van der Waals surface area (Å²) in [5.41, 5.74) is 0.853. The number of ether oxygens (including phenoxy) is 1. The van der Waals surface area contributed by atoms with Gasteiger partial charge in [-0.15, -0.1) is 11.3 Å². The molecule has 2 heterocycles. The number of carbonyl (C=O) groups is 2. The Bertz CT molecular complexity index is 900. The number of nitrogens with one attached hydrogen (secondary N) is 1. The number of benzene rings is 1. The molecule has 0 bridgehead atoms. The summed E-state index contributed by atoms with van der Waals surface area (Å²) in [6, 6.07) is 7.22. The molecule has 0 spiro atoms. The summed E-state index contributed by atoms with van der Waals surface area (Å²) in [6.45, 7) is -0.445. The van der Waals surface area contributed by atoms with Gasteiger partial charge in [0.2, 0.25) is 0 Å². The van der Waals surface area contributed by atoms with Crippen LogP contribution in [0, 0.1) is 0 Å². The minimum absolute atomic E-state index is 0.0653. The van der Waals surface area contributed by atoms with Crippen LogP contribution in [0.25, 0.3) is 16.3 Å². The number of thiazole rings is 1. The Labute approximate surface area is 148 Å². The minimum atomic E-state index is -3.06. The molecule has 1 amide bonds. The number of hydrogen-bond acceptors (Lipinski definition) is 7. The summed E-state index contributed by atoms with van der Waals surface area (Å²) < 4.78 is 28.5. The highest BCUT2D eigenvalue weighted by atomic mass is 32.2. The average Bonchev–Trinajstić information content (AvgIpc) is 3.13. The molecule has 0 aliphatic carbocycles. The van der Waals surface area contributed by atoms with Gasteiger partial charge in [0.05, 0.1) is 21.7 Å². The summed E-state index contributed by atoms with van der Waals surface area (Å²) in [4.78, 5) is 27.7. The van der Waals surface area contributed by atoms with Crippen molar-refractivity contribution < 1.29 is 22.7 Å². The fourth-order valence-corrected chi connectivity index (χ4v) is 5.01. The normalized spacial score (nSPS) is 19.3. The van der Waals surface area contributed by atoms with E-state index >= 15 is 0 Å². The molecule has 3 rings (SSSR count). The topological polar surface area (TPSA) is 102 Å². The Morgan fingerprint density at radius 3 is 2.88 bits per heavy atom. The number of sulfone groups is 1. The van der Waals surface area contributed by atoms with Gasteiger partial charge < -0.3 is 10.1 Å². The summed E-state index contributed by atoms with van der Waals surface area (Å²) in [6.07, 6.45) is 3.14. The third-order valence-corrected chi connectivity index (χ3v) is 6.39. The first-order chi connectivity index (χ1) is 11.9. The van der Waals surface area contributed by atoms with Crippen molar-refractivity contribution in [3.63, 3.8) is 0 Å². The molecule has 1 unspecified atom stereocenters. The van der Waals surface area contributed by atoms with Gasteiger partial charge >= 0.3 is 5.97 Å². The highest BCUT2D eigenvalue weighted by Crippen LogP contribution is 2.22. The number of hydrogen-bond donors (Lipinski definition) is 1. The van der Waals surface area contributed by atoms with Crippen molar-refractivity contribution in [1.82, 2.24) is 10.3 Å². The van der Waals surface area contributed by atoms with Crippen LogP contribution in [0.1, 0.15) is 11.4 Å². The highest BCUT2D eigenvalue weighted by Gasteiger charge is 2.28. The van der Waals surface area contributed by atoms with Gasteiger partial charge in [0.15, 0.2) is 16.4 Å². The monoisotopic (exact) mass is 380 g/mol. The molecule has 1 saturated heterocycles. The number of rotatable bonds is 5. The van der Waals surface area contributed by atoms with E-state index in [4.69, 9.17) is 4.74 Å². The molecule has 1 aromatic carbocycles. The van der Waals surface area contributed by atoms with Gasteiger partial charge in [-0.3, -0.25) is 4.79 Å². The van der Waals surface area contributed by atoms with E-state index in [0.29, 0.717) is 11.4 Å². The fourth-order valence-electron chi connectivity index (χ4n) is 2.46. The van der Waals surface area contributed by atoms with Crippen LogP contribution >= 0.6 is 11.3 Å². The minimum Gasteiger partial charge on any atom is -0.452 e. The second-order valence-corrected chi connectivity index (χ2v) is 8.92. The number of aromatic nitrogens is 1. The predicted molar refractivity (Wildman–Crippen MR) is 94.8 cm³/mol. The van der Waals surface area contributed by atoms with Crippen molar-refractivity contribution in [2.45, 2.75) is 12.5 Å². The van der Waals surface area contributed by atoms with E-state index in [1.54, 1.807) is 0 Å². The van der Waals surface area contributed by atoms with E-state index in [1.807, 2.05) is 24.3 Å². The number of nitrogens with zero attached hydrogens (tertiary/aromatic N) is 1. The SMILES string of the molecule is O=C(COC(=O)/C=C/c1nc2ccccc2s1)NC1CCS(=O)(=O)C1. The van der Waals surface area contributed by atoms with Crippen molar-refractivity contribution in [3.05, 3.63) is 35.3 Å². The zero-order chi connectivity index (χ0) is 17.9. The molecule has 0 saturated carbocycles. The van der Waals surface area contributed by atoms with Crippen molar-refractivity contribution >= 4 is 49.3 Å². The van der Waals surface area contributed by atoms with Gasteiger partial charge in [-0.1, -0.05) is 12.1 Å². The largest absolute Gasteiger partial charge is 0.452 e. The Morgan fingerprint density at radius 2 is 2.16 bits per heavy atom. The summed E-state index contributed by atoms with van der Waals surface area (Å²) in [5.74, 6) is -1.16. The van der Waals surface area contributed by atoms with Gasteiger partial charge in [0, 0.05) is 12.1 Å². The molecule has 1 aliphatic heterocycles. The van der Waals surface area contributed by atoms with Crippen molar-refractivity contribution in [3.8, 4) is 0 Å². The fraction of sp³-hybridized carbons (Fsp3) is 0.312. The standard InChI is InChI=1S/C16H16N2O5S2/c19-14(17-11-7-8-25(21,22)10-11)9-23-16(20)6-5-15-18-12-3-1-2-4-13(12)24-15/h1-6,11H,7-10H2,(H,17,19)/b6-5+. The summed E-state index contributed by atoms with van der Waals surface area (Å²) in [7, 11) is -3.06. The Kier molecular flexibility index (Phi) is 5.14. The molecule has 2 aromatic rings. The number of fused-ring (bicyclic) bond motifs is 1. The molecule has 25 heavy (non-hydrogen) atoms. The van der Waals surface area contributed by atoms with E-state index in [-0.39, 0.29) is 11.5 Å². The van der Waals surface area contributed by atoms with Crippen molar-refractivity contribution in [2.24, 2.45) is 0 Å². The molecule has 7 nitrogen and oxygen atoms in total. The molecular weight excluding hydrogens is 364 g/mol. The van der Waals surface area contributed by atoms with Gasteiger partial charge in [0.25, 0.3) is 5.91 Å².